The van der Waals surface area contributed by atoms with Crippen LogP contribution in [0.3, 0.4) is 0 Å². The van der Waals surface area contributed by atoms with Gasteiger partial charge >= 0.3 is 0 Å². The van der Waals surface area contributed by atoms with Crippen molar-refractivity contribution in [3.8, 4) is 17.2 Å². The summed E-state index contributed by atoms with van der Waals surface area (Å²) in [7, 11) is 4.64. The topological polar surface area (TPSA) is 102 Å². The van der Waals surface area contributed by atoms with Gasteiger partial charge in [-0.25, -0.2) is 0 Å². The van der Waals surface area contributed by atoms with Crippen LogP contribution in [0.15, 0.2) is 60.1 Å². The zero-order chi connectivity index (χ0) is 28.8. The largest absolute Gasteiger partial charge is 0.493 e. The van der Waals surface area contributed by atoms with Crippen molar-refractivity contribution in [2.75, 3.05) is 21.3 Å². The van der Waals surface area contributed by atoms with Crippen molar-refractivity contribution in [3.63, 3.8) is 0 Å². The SMILES string of the molecule is COc1cc(C(NC(C(=O)Cc2c[nH]c3ccccc23)c2cccs2)C(=O)NC2CCCCC2)cc(OC)c1OC. The first-order chi connectivity index (χ1) is 20.0. The molecular formula is C32H37N3O5S. The van der Waals surface area contributed by atoms with Gasteiger partial charge in [0.1, 0.15) is 12.1 Å². The van der Waals surface area contributed by atoms with Gasteiger partial charge in [0.25, 0.3) is 0 Å². The Balaban J connectivity index is 1.51. The summed E-state index contributed by atoms with van der Waals surface area (Å²) >= 11 is 1.49. The van der Waals surface area contributed by atoms with E-state index in [2.05, 4.69) is 15.6 Å². The van der Waals surface area contributed by atoms with Gasteiger partial charge in [-0.15, -0.1) is 11.3 Å². The summed E-state index contributed by atoms with van der Waals surface area (Å²) in [5, 5.41) is 9.66. The average molecular weight is 576 g/mol. The number of rotatable bonds is 12. The molecule has 41 heavy (non-hydrogen) atoms. The number of hydrogen-bond donors (Lipinski definition) is 3. The molecule has 2 atom stereocenters. The second-order valence-electron chi connectivity index (χ2n) is 10.4. The van der Waals surface area contributed by atoms with Crippen molar-refractivity contribution in [2.45, 2.75) is 56.7 Å². The number of nitrogens with one attached hydrogen (secondary N) is 3. The highest BCUT2D eigenvalue weighted by atomic mass is 32.1. The lowest BCUT2D eigenvalue weighted by Crippen LogP contribution is -2.45. The van der Waals surface area contributed by atoms with Gasteiger partial charge < -0.3 is 24.5 Å². The van der Waals surface area contributed by atoms with Crippen LogP contribution in [0.5, 0.6) is 17.2 Å². The first-order valence-corrected chi connectivity index (χ1v) is 14.9. The van der Waals surface area contributed by atoms with E-state index in [9.17, 15) is 9.59 Å². The van der Waals surface area contributed by atoms with E-state index in [1.807, 2.05) is 48.0 Å². The van der Waals surface area contributed by atoms with Crippen LogP contribution in [0, 0.1) is 0 Å². The molecule has 3 N–H and O–H groups in total. The highest BCUT2D eigenvalue weighted by Crippen LogP contribution is 2.40. The van der Waals surface area contributed by atoms with Gasteiger partial charge in [0.2, 0.25) is 11.7 Å². The third kappa shape index (κ3) is 6.41. The molecule has 0 aliphatic heterocycles. The molecule has 2 unspecified atom stereocenters. The minimum Gasteiger partial charge on any atom is -0.493 e. The number of ether oxygens (including phenoxy) is 3. The van der Waals surface area contributed by atoms with Crippen LogP contribution < -0.4 is 24.8 Å². The Bertz CT molecular complexity index is 1450. The number of aromatic amines is 1. The monoisotopic (exact) mass is 575 g/mol. The van der Waals surface area contributed by atoms with Crippen LogP contribution in [0.25, 0.3) is 10.9 Å². The van der Waals surface area contributed by atoms with E-state index in [4.69, 9.17) is 14.2 Å². The normalized spacial score (nSPS) is 15.3. The Hall–Kier alpha value is -3.82. The Morgan fingerprint density at radius 2 is 1.68 bits per heavy atom. The number of H-pyrrole nitrogens is 1. The standard InChI is InChI=1S/C32H37N3O5S/c1-38-26-17-20(18-27(39-2)31(26)40-3)29(32(37)34-22-10-5-4-6-11-22)35-30(28-14-9-15-41-28)25(36)16-21-19-33-24-13-8-7-12-23(21)24/h7-9,12-15,17-19,22,29-30,33,35H,4-6,10-11,16H2,1-3H3,(H,34,37). The molecule has 8 nitrogen and oxygen atoms in total. The Morgan fingerprint density at radius 1 is 0.951 bits per heavy atom. The summed E-state index contributed by atoms with van der Waals surface area (Å²) in [4.78, 5) is 32.1. The molecule has 9 heteroatoms. The second kappa shape index (κ2) is 13.2. The molecule has 1 aliphatic rings. The molecule has 0 radical (unpaired) electrons. The zero-order valence-electron chi connectivity index (χ0n) is 23.7. The third-order valence-corrected chi connectivity index (χ3v) is 8.69. The van der Waals surface area contributed by atoms with Crippen molar-refractivity contribution in [1.82, 2.24) is 15.6 Å². The molecule has 1 fully saturated rings. The molecule has 1 aliphatic carbocycles. The van der Waals surface area contributed by atoms with Crippen molar-refractivity contribution in [1.29, 1.82) is 0 Å². The van der Waals surface area contributed by atoms with E-state index >= 15 is 0 Å². The first-order valence-electron chi connectivity index (χ1n) is 14.0. The molecule has 216 valence electrons. The number of para-hydroxylation sites is 1. The van der Waals surface area contributed by atoms with Crippen molar-refractivity contribution >= 4 is 33.9 Å². The Morgan fingerprint density at radius 3 is 2.34 bits per heavy atom. The number of Topliss-reactive ketones (excluding diaryl/α,β-unsaturated/α-hetero) is 1. The molecule has 2 aromatic carbocycles. The van der Waals surface area contributed by atoms with Crippen LogP contribution in [-0.2, 0) is 16.0 Å². The number of amides is 1. The quantitative estimate of drug-likeness (QED) is 0.195. The van der Waals surface area contributed by atoms with Gasteiger partial charge in [0.05, 0.1) is 21.3 Å². The maximum atomic E-state index is 14.0. The maximum absolute atomic E-state index is 14.0. The average Bonchev–Trinajstić information content (AvgIpc) is 3.68. The molecule has 1 saturated carbocycles. The number of carbonyl (C=O) groups excluding carboxylic acids is 2. The van der Waals surface area contributed by atoms with E-state index in [0.29, 0.717) is 22.8 Å². The van der Waals surface area contributed by atoms with Crippen molar-refractivity contribution < 1.29 is 23.8 Å². The summed E-state index contributed by atoms with van der Waals surface area (Å²) in [6.07, 6.45) is 7.36. The number of aromatic nitrogens is 1. The molecular weight excluding hydrogens is 538 g/mol. The number of thiophene rings is 1. The Kier molecular flexibility index (Phi) is 9.26. The number of fused-ring (bicyclic) bond motifs is 1. The fourth-order valence-electron chi connectivity index (χ4n) is 5.65. The fourth-order valence-corrected chi connectivity index (χ4v) is 6.45. The van der Waals surface area contributed by atoms with E-state index in [1.165, 1.54) is 17.8 Å². The highest BCUT2D eigenvalue weighted by Gasteiger charge is 2.32. The molecule has 5 rings (SSSR count). The molecule has 2 heterocycles. The molecule has 2 aromatic heterocycles. The maximum Gasteiger partial charge on any atom is 0.241 e. The first kappa shape index (κ1) is 28.7. The van der Waals surface area contributed by atoms with Gasteiger partial charge in [0, 0.05) is 34.4 Å². The lowest BCUT2D eigenvalue weighted by Gasteiger charge is -2.29. The molecule has 1 amide bonds. The van der Waals surface area contributed by atoms with Gasteiger partial charge in [-0.1, -0.05) is 43.5 Å². The van der Waals surface area contributed by atoms with Crippen molar-refractivity contribution in [2.24, 2.45) is 0 Å². The van der Waals surface area contributed by atoms with Crippen LogP contribution in [-0.4, -0.2) is 44.0 Å². The lowest BCUT2D eigenvalue weighted by atomic mass is 9.94. The molecule has 0 bridgehead atoms. The van der Waals surface area contributed by atoms with Crippen LogP contribution in [0.2, 0.25) is 0 Å². The number of hydrogen-bond acceptors (Lipinski definition) is 7. The summed E-state index contributed by atoms with van der Waals surface area (Å²) in [6.45, 7) is 0. The predicted octanol–water partition coefficient (Wildman–Crippen LogP) is 5.89. The lowest BCUT2D eigenvalue weighted by molar-refractivity contribution is -0.125. The predicted molar refractivity (Wildman–Crippen MR) is 161 cm³/mol. The van der Waals surface area contributed by atoms with Crippen LogP contribution >= 0.6 is 11.3 Å². The fraction of sp³-hybridized carbons (Fsp3) is 0.375. The minimum atomic E-state index is -0.843. The second-order valence-corrected chi connectivity index (χ2v) is 11.3. The zero-order valence-corrected chi connectivity index (χ0v) is 24.5. The van der Waals surface area contributed by atoms with Gasteiger partial charge in [-0.2, -0.15) is 0 Å². The van der Waals surface area contributed by atoms with Gasteiger partial charge in [0.15, 0.2) is 17.3 Å². The van der Waals surface area contributed by atoms with E-state index in [-0.39, 0.29) is 24.2 Å². The molecule has 0 saturated heterocycles. The van der Waals surface area contributed by atoms with Gasteiger partial charge in [-0.3, -0.25) is 14.9 Å². The highest BCUT2D eigenvalue weighted by molar-refractivity contribution is 7.10. The smallest absolute Gasteiger partial charge is 0.241 e. The Labute approximate surface area is 244 Å². The summed E-state index contributed by atoms with van der Waals surface area (Å²) in [5.41, 5.74) is 2.53. The van der Waals surface area contributed by atoms with Crippen LogP contribution in [0.1, 0.15) is 60.2 Å². The summed E-state index contributed by atoms with van der Waals surface area (Å²) < 4.78 is 16.7. The summed E-state index contributed by atoms with van der Waals surface area (Å²) in [5.74, 6) is 1.11. The number of benzene rings is 2. The number of methoxy groups -OCH3 is 3. The van der Waals surface area contributed by atoms with Gasteiger partial charge in [-0.05, 0) is 53.6 Å². The number of carbonyl (C=O) groups is 2. The number of ketones is 1. The van der Waals surface area contributed by atoms with E-state index in [0.717, 1.165) is 47.0 Å². The molecule has 0 spiro atoms. The van der Waals surface area contributed by atoms with Crippen LogP contribution in [0.4, 0.5) is 0 Å². The van der Waals surface area contributed by atoms with Crippen molar-refractivity contribution in [3.05, 3.63) is 76.1 Å². The minimum absolute atomic E-state index is 0.0277. The third-order valence-electron chi connectivity index (χ3n) is 7.76. The van der Waals surface area contributed by atoms with E-state index < -0.39 is 12.1 Å². The van der Waals surface area contributed by atoms with E-state index in [1.54, 1.807) is 33.5 Å². The molecule has 4 aromatic rings. The summed E-state index contributed by atoms with van der Waals surface area (Å²) in [6, 6.07) is 13.9.